The van der Waals surface area contributed by atoms with E-state index in [9.17, 15) is 4.21 Å². The average Bonchev–Trinajstić information content (AvgIpc) is 2.87. The van der Waals surface area contributed by atoms with Crippen molar-refractivity contribution < 1.29 is 4.21 Å². The molecule has 5 heteroatoms. The average molecular weight is 274 g/mol. The summed E-state index contributed by atoms with van der Waals surface area (Å²) >= 11 is 1.55. The monoisotopic (exact) mass is 274 g/mol. The van der Waals surface area contributed by atoms with Crippen LogP contribution in [-0.4, -0.2) is 35.2 Å². The molecule has 1 N–H and O–H groups in total. The fourth-order valence-electron chi connectivity index (χ4n) is 1.70. The summed E-state index contributed by atoms with van der Waals surface area (Å²) < 4.78 is 15.0. The number of likely N-dealkylation sites (N-methyl/N-ethyl adjacent to an activating group) is 2. The lowest BCUT2D eigenvalue weighted by Crippen LogP contribution is -2.42. The first-order chi connectivity index (χ1) is 8.10. The zero-order valence-corrected chi connectivity index (χ0v) is 12.6. The van der Waals surface area contributed by atoms with E-state index in [0.29, 0.717) is 12.0 Å². The molecule has 1 aromatic rings. The quantitative estimate of drug-likeness (QED) is 0.828. The van der Waals surface area contributed by atoms with Gasteiger partial charge in [-0.2, -0.15) is 0 Å². The first-order valence-electron chi connectivity index (χ1n) is 5.93. The third-order valence-corrected chi connectivity index (χ3v) is 5.68. The topological polar surface area (TPSA) is 32.3 Å². The molecular weight excluding hydrogens is 252 g/mol. The Hall–Kier alpha value is -0.230. The molecule has 0 fully saturated rings. The number of hydrogen-bond donors (Lipinski definition) is 1. The molecule has 0 bridgehead atoms. The van der Waals surface area contributed by atoms with Gasteiger partial charge in [-0.3, -0.25) is 0 Å². The number of thiophene rings is 1. The first-order valence-corrected chi connectivity index (χ1v) is 7.92. The van der Waals surface area contributed by atoms with Crippen LogP contribution in [0.1, 0.15) is 20.3 Å². The van der Waals surface area contributed by atoms with E-state index in [1.807, 2.05) is 35.9 Å². The third-order valence-electron chi connectivity index (χ3n) is 3.11. The Morgan fingerprint density at radius 2 is 2.29 bits per heavy atom. The highest BCUT2D eigenvalue weighted by Gasteiger charge is 2.19. The van der Waals surface area contributed by atoms with E-state index in [2.05, 4.69) is 19.2 Å². The molecule has 0 saturated carbocycles. The minimum atomic E-state index is -1.03. The molecule has 2 unspecified atom stereocenters. The second-order valence-electron chi connectivity index (χ2n) is 4.27. The Morgan fingerprint density at radius 3 is 2.76 bits per heavy atom. The minimum Gasteiger partial charge on any atom is -0.315 e. The second-order valence-corrected chi connectivity index (χ2v) is 7.04. The molecule has 0 aliphatic heterocycles. The highest BCUT2D eigenvalue weighted by molar-refractivity contribution is 7.85. The van der Waals surface area contributed by atoms with Crippen LogP contribution in [0.3, 0.4) is 0 Å². The van der Waals surface area contributed by atoms with Gasteiger partial charge in [-0.05, 0) is 24.4 Å². The molecule has 0 aromatic carbocycles. The normalized spacial score (nSPS) is 17.0. The second kappa shape index (κ2) is 7.26. The van der Waals surface area contributed by atoms with Crippen LogP contribution in [0.25, 0.3) is 0 Å². The van der Waals surface area contributed by atoms with E-state index in [-0.39, 0.29) is 0 Å². The van der Waals surface area contributed by atoms with Gasteiger partial charge in [-0.1, -0.05) is 26.3 Å². The zero-order valence-electron chi connectivity index (χ0n) is 11.0. The van der Waals surface area contributed by atoms with Gasteiger partial charge in [0.25, 0.3) is 0 Å². The lowest BCUT2D eigenvalue weighted by atomic mass is 9.99. The molecule has 0 saturated heterocycles. The van der Waals surface area contributed by atoms with Crippen molar-refractivity contribution in [1.82, 2.24) is 9.62 Å². The molecule has 1 heterocycles. The molecule has 1 aromatic heterocycles. The lowest BCUT2D eigenvalue weighted by molar-refractivity contribution is 0.332. The maximum Gasteiger partial charge on any atom is 0.137 e. The van der Waals surface area contributed by atoms with Gasteiger partial charge in [0, 0.05) is 19.6 Å². The molecule has 98 valence electrons. The highest BCUT2D eigenvalue weighted by Crippen LogP contribution is 2.17. The fraction of sp³-hybridized carbons (Fsp3) is 0.667. The zero-order chi connectivity index (χ0) is 12.8. The van der Waals surface area contributed by atoms with Crippen molar-refractivity contribution >= 4 is 22.3 Å². The largest absolute Gasteiger partial charge is 0.315 e. The van der Waals surface area contributed by atoms with Crippen LogP contribution in [0.4, 0.5) is 0 Å². The van der Waals surface area contributed by atoms with Gasteiger partial charge < -0.3 is 5.32 Å². The molecule has 17 heavy (non-hydrogen) atoms. The molecule has 0 aliphatic rings. The summed E-state index contributed by atoms with van der Waals surface area (Å²) in [5.74, 6) is 0.586. The van der Waals surface area contributed by atoms with Gasteiger partial charge in [0.2, 0.25) is 0 Å². The fourth-order valence-corrected chi connectivity index (χ4v) is 3.83. The Balaban J connectivity index is 2.58. The first kappa shape index (κ1) is 14.8. The van der Waals surface area contributed by atoms with E-state index in [4.69, 9.17) is 0 Å². The maximum atomic E-state index is 12.2. The molecular formula is C12H22N2OS2. The SMILES string of the molecule is CCC(C)[C@@H](CN(C)S(=O)c1cccs1)NC. The minimum absolute atomic E-state index is 0.383. The van der Waals surface area contributed by atoms with Crippen molar-refractivity contribution in [3.63, 3.8) is 0 Å². The predicted molar refractivity (Wildman–Crippen MR) is 75.7 cm³/mol. The Labute approximate surface area is 111 Å². The Morgan fingerprint density at radius 1 is 1.59 bits per heavy atom. The van der Waals surface area contributed by atoms with Crippen molar-refractivity contribution in [3.05, 3.63) is 17.5 Å². The standard InChI is InChI=1S/C12H22N2OS2/c1-5-10(2)11(13-3)9-14(4)17(15)12-7-6-8-16-12/h6-8,10-11,13H,5,9H2,1-4H3/t10?,11-,17?/m1/s1. The van der Waals surface area contributed by atoms with Crippen LogP contribution >= 0.6 is 11.3 Å². The van der Waals surface area contributed by atoms with Crippen molar-refractivity contribution in [2.24, 2.45) is 5.92 Å². The van der Waals surface area contributed by atoms with Crippen molar-refractivity contribution in [2.75, 3.05) is 20.6 Å². The highest BCUT2D eigenvalue weighted by atomic mass is 32.2. The summed E-state index contributed by atoms with van der Waals surface area (Å²) in [7, 11) is 2.86. The molecule has 0 spiro atoms. The van der Waals surface area contributed by atoms with Gasteiger partial charge in [0.1, 0.15) is 15.2 Å². The maximum absolute atomic E-state index is 12.2. The molecule has 0 radical (unpaired) electrons. The summed E-state index contributed by atoms with van der Waals surface area (Å²) in [4.78, 5) is 0. The number of rotatable bonds is 7. The molecule has 0 aliphatic carbocycles. The van der Waals surface area contributed by atoms with Gasteiger partial charge in [0.05, 0.1) is 0 Å². The van der Waals surface area contributed by atoms with E-state index < -0.39 is 11.0 Å². The smallest absolute Gasteiger partial charge is 0.137 e. The van der Waals surface area contributed by atoms with Gasteiger partial charge in [0.15, 0.2) is 0 Å². The lowest BCUT2D eigenvalue weighted by Gasteiger charge is -2.26. The van der Waals surface area contributed by atoms with Crippen molar-refractivity contribution in [2.45, 2.75) is 30.5 Å². The summed E-state index contributed by atoms with van der Waals surface area (Å²) in [6.45, 7) is 5.21. The van der Waals surface area contributed by atoms with Gasteiger partial charge in [-0.15, -0.1) is 11.3 Å². The summed E-state index contributed by atoms with van der Waals surface area (Å²) in [5, 5.41) is 5.27. The molecule has 3 nitrogen and oxygen atoms in total. The van der Waals surface area contributed by atoms with E-state index in [0.717, 1.165) is 17.2 Å². The Kier molecular flexibility index (Phi) is 6.33. The van der Waals surface area contributed by atoms with Gasteiger partial charge >= 0.3 is 0 Å². The van der Waals surface area contributed by atoms with Crippen LogP contribution in [-0.2, 0) is 11.0 Å². The summed E-state index contributed by atoms with van der Waals surface area (Å²) in [5.41, 5.74) is 0. The molecule has 0 amide bonds. The van der Waals surface area contributed by atoms with Crippen LogP contribution < -0.4 is 5.32 Å². The van der Waals surface area contributed by atoms with Crippen LogP contribution in [0.2, 0.25) is 0 Å². The molecule has 1 rings (SSSR count). The predicted octanol–water partition coefficient (Wildman–Crippen LogP) is 2.34. The van der Waals surface area contributed by atoms with Crippen LogP contribution in [0.15, 0.2) is 21.7 Å². The Bertz CT molecular complexity index is 340. The molecule has 3 atom stereocenters. The van der Waals surface area contributed by atoms with Crippen LogP contribution in [0.5, 0.6) is 0 Å². The van der Waals surface area contributed by atoms with Gasteiger partial charge in [-0.25, -0.2) is 8.51 Å². The number of nitrogens with zero attached hydrogens (tertiary/aromatic N) is 1. The van der Waals surface area contributed by atoms with E-state index in [1.54, 1.807) is 11.3 Å². The number of nitrogens with one attached hydrogen (secondary N) is 1. The van der Waals surface area contributed by atoms with E-state index in [1.165, 1.54) is 0 Å². The summed E-state index contributed by atoms with van der Waals surface area (Å²) in [6.07, 6.45) is 1.13. The van der Waals surface area contributed by atoms with Crippen molar-refractivity contribution in [1.29, 1.82) is 0 Å². The van der Waals surface area contributed by atoms with Crippen molar-refractivity contribution in [3.8, 4) is 0 Å². The number of hydrogen-bond acceptors (Lipinski definition) is 3. The van der Waals surface area contributed by atoms with E-state index >= 15 is 0 Å². The van der Waals surface area contributed by atoms with Crippen LogP contribution in [0, 0.1) is 5.92 Å². The summed E-state index contributed by atoms with van der Waals surface area (Å²) in [6, 6.07) is 4.25. The third kappa shape index (κ3) is 4.17.